The molecule has 0 aromatic carbocycles. The molecule has 1 rings (SSSR count). The Morgan fingerprint density at radius 3 is 2.47 bits per heavy atom. The molecular formula is C14H21BrN2O2. The number of hydrogen-bond acceptors (Lipinski definition) is 3. The standard InChI is InChI=1S/C14H21BrN2O2/c1-3-7-14(19,8-4-2)10-17-13(18)11-5-6-12(15)16-9-11/h5-6,9,19H,3-4,7-8,10H2,1-2H3,(H,17,18). The Morgan fingerprint density at radius 1 is 1.37 bits per heavy atom. The van der Waals surface area contributed by atoms with Gasteiger partial charge in [0.15, 0.2) is 0 Å². The summed E-state index contributed by atoms with van der Waals surface area (Å²) in [7, 11) is 0. The van der Waals surface area contributed by atoms with Crippen LogP contribution in [-0.2, 0) is 0 Å². The highest BCUT2D eigenvalue weighted by Gasteiger charge is 2.25. The van der Waals surface area contributed by atoms with Crippen LogP contribution in [-0.4, -0.2) is 28.1 Å². The number of carbonyl (C=O) groups is 1. The molecule has 0 bridgehead atoms. The van der Waals surface area contributed by atoms with E-state index in [-0.39, 0.29) is 12.5 Å². The summed E-state index contributed by atoms with van der Waals surface area (Å²) in [6, 6.07) is 3.42. The lowest BCUT2D eigenvalue weighted by Crippen LogP contribution is -2.42. The smallest absolute Gasteiger partial charge is 0.252 e. The molecule has 106 valence electrons. The van der Waals surface area contributed by atoms with Crippen LogP contribution in [0.1, 0.15) is 49.9 Å². The summed E-state index contributed by atoms with van der Waals surface area (Å²) in [5.74, 6) is -0.203. The fraction of sp³-hybridized carbons (Fsp3) is 0.571. The van der Waals surface area contributed by atoms with Gasteiger partial charge in [-0.15, -0.1) is 0 Å². The molecule has 0 atom stereocenters. The molecule has 1 aromatic heterocycles. The Morgan fingerprint density at radius 2 is 2.00 bits per heavy atom. The van der Waals surface area contributed by atoms with Crippen molar-refractivity contribution in [1.29, 1.82) is 0 Å². The number of nitrogens with one attached hydrogen (secondary N) is 1. The van der Waals surface area contributed by atoms with Gasteiger partial charge in [0, 0.05) is 12.7 Å². The summed E-state index contributed by atoms with van der Waals surface area (Å²) in [6.07, 6.45) is 4.69. The number of hydrogen-bond donors (Lipinski definition) is 2. The normalized spacial score (nSPS) is 11.4. The van der Waals surface area contributed by atoms with E-state index in [0.29, 0.717) is 23.0 Å². The van der Waals surface area contributed by atoms with Crippen molar-refractivity contribution in [2.24, 2.45) is 0 Å². The van der Waals surface area contributed by atoms with Crippen LogP contribution in [0.25, 0.3) is 0 Å². The molecular weight excluding hydrogens is 308 g/mol. The molecule has 4 nitrogen and oxygen atoms in total. The molecule has 5 heteroatoms. The maximum absolute atomic E-state index is 11.9. The van der Waals surface area contributed by atoms with Crippen molar-refractivity contribution in [1.82, 2.24) is 10.3 Å². The molecule has 0 aliphatic carbocycles. The molecule has 0 aliphatic heterocycles. The second-order valence-corrected chi connectivity index (χ2v) is 5.59. The summed E-state index contributed by atoms with van der Waals surface area (Å²) in [5, 5.41) is 13.2. The van der Waals surface area contributed by atoms with Gasteiger partial charge in [0.05, 0.1) is 11.2 Å². The van der Waals surface area contributed by atoms with Gasteiger partial charge in [0.25, 0.3) is 5.91 Å². The van der Waals surface area contributed by atoms with Gasteiger partial charge in [-0.2, -0.15) is 0 Å². The summed E-state index contributed by atoms with van der Waals surface area (Å²) < 4.78 is 0.692. The number of aliphatic hydroxyl groups is 1. The molecule has 0 saturated carbocycles. The third-order valence-corrected chi connectivity index (χ3v) is 3.47. The van der Waals surface area contributed by atoms with E-state index in [1.54, 1.807) is 12.1 Å². The van der Waals surface area contributed by atoms with E-state index in [2.05, 4.69) is 26.2 Å². The monoisotopic (exact) mass is 328 g/mol. The summed E-state index contributed by atoms with van der Waals surface area (Å²) in [4.78, 5) is 15.9. The van der Waals surface area contributed by atoms with Gasteiger partial charge in [-0.1, -0.05) is 26.7 Å². The molecule has 0 aliphatic rings. The minimum absolute atomic E-state index is 0.203. The van der Waals surface area contributed by atoms with Crippen LogP contribution in [0.5, 0.6) is 0 Å². The SMILES string of the molecule is CCCC(O)(CCC)CNC(=O)c1ccc(Br)nc1. The topological polar surface area (TPSA) is 62.2 Å². The predicted molar refractivity (Wildman–Crippen MR) is 79.0 cm³/mol. The van der Waals surface area contributed by atoms with E-state index < -0.39 is 5.60 Å². The summed E-state index contributed by atoms with van der Waals surface area (Å²) in [6.45, 7) is 4.34. The van der Waals surface area contributed by atoms with Gasteiger partial charge in [-0.3, -0.25) is 4.79 Å². The number of amides is 1. The van der Waals surface area contributed by atoms with Gasteiger partial charge in [-0.05, 0) is 40.9 Å². The average molecular weight is 329 g/mol. The van der Waals surface area contributed by atoms with E-state index >= 15 is 0 Å². The lowest BCUT2D eigenvalue weighted by molar-refractivity contribution is 0.0213. The molecule has 0 unspecified atom stereocenters. The fourth-order valence-corrected chi connectivity index (χ4v) is 2.32. The van der Waals surface area contributed by atoms with Gasteiger partial charge in [0.2, 0.25) is 0 Å². The average Bonchev–Trinajstić information content (AvgIpc) is 2.37. The van der Waals surface area contributed by atoms with Crippen LogP contribution in [0.2, 0.25) is 0 Å². The van der Waals surface area contributed by atoms with Crippen LogP contribution < -0.4 is 5.32 Å². The van der Waals surface area contributed by atoms with E-state index in [1.165, 1.54) is 6.20 Å². The Kier molecular flexibility index (Phi) is 6.45. The maximum atomic E-state index is 11.9. The summed E-state index contributed by atoms with van der Waals surface area (Å²) in [5.41, 5.74) is -0.305. The molecule has 1 aromatic rings. The van der Waals surface area contributed by atoms with E-state index in [9.17, 15) is 9.90 Å². The Balaban J connectivity index is 2.58. The molecule has 1 heterocycles. The van der Waals surface area contributed by atoms with Crippen molar-refractivity contribution in [3.05, 3.63) is 28.5 Å². The first-order valence-corrected chi connectivity index (χ1v) is 7.42. The van der Waals surface area contributed by atoms with Crippen LogP contribution in [0.15, 0.2) is 22.9 Å². The van der Waals surface area contributed by atoms with Crippen molar-refractivity contribution in [3.63, 3.8) is 0 Å². The molecule has 0 spiro atoms. The Hall–Kier alpha value is -0.940. The van der Waals surface area contributed by atoms with Crippen LogP contribution in [0, 0.1) is 0 Å². The first kappa shape index (κ1) is 16.1. The number of rotatable bonds is 7. The number of halogens is 1. The van der Waals surface area contributed by atoms with Crippen molar-refractivity contribution >= 4 is 21.8 Å². The van der Waals surface area contributed by atoms with Crippen molar-refractivity contribution in [2.75, 3.05) is 6.54 Å². The van der Waals surface area contributed by atoms with E-state index in [0.717, 1.165) is 12.8 Å². The number of aromatic nitrogens is 1. The van der Waals surface area contributed by atoms with Crippen molar-refractivity contribution in [2.45, 2.75) is 45.1 Å². The minimum atomic E-state index is -0.804. The quantitative estimate of drug-likeness (QED) is 0.756. The maximum Gasteiger partial charge on any atom is 0.252 e. The first-order chi connectivity index (χ1) is 9.00. The highest BCUT2D eigenvalue weighted by atomic mass is 79.9. The van der Waals surface area contributed by atoms with Crippen LogP contribution >= 0.6 is 15.9 Å². The summed E-state index contributed by atoms with van der Waals surface area (Å²) >= 11 is 3.22. The second-order valence-electron chi connectivity index (χ2n) is 4.78. The third-order valence-electron chi connectivity index (χ3n) is 3.00. The Bertz CT molecular complexity index is 400. The van der Waals surface area contributed by atoms with Gasteiger partial charge < -0.3 is 10.4 Å². The number of carbonyl (C=O) groups excluding carboxylic acids is 1. The van der Waals surface area contributed by atoms with Gasteiger partial charge in [0.1, 0.15) is 4.60 Å². The Labute approximate surface area is 122 Å². The second kappa shape index (κ2) is 7.60. The molecule has 19 heavy (non-hydrogen) atoms. The zero-order chi connectivity index (χ0) is 14.3. The van der Waals surface area contributed by atoms with Crippen LogP contribution in [0.3, 0.4) is 0 Å². The lowest BCUT2D eigenvalue weighted by Gasteiger charge is -2.27. The molecule has 0 fully saturated rings. The zero-order valence-corrected chi connectivity index (χ0v) is 13.0. The highest BCUT2D eigenvalue weighted by Crippen LogP contribution is 2.18. The fourth-order valence-electron chi connectivity index (χ4n) is 2.09. The van der Waals surface area contributed by atoms with Crippen LogP contribution in [0.4, 0.5) is 0 Å². The van der Waals surface area contributed by atoms with Gasteiger partial charge >= 0.3 is 0 Å². The third kappa shape index (κ3) is 5.28. The van der Waals surface area contributed by atoms with Crippen molar-refractivity contribution < 1.29 is 9.90 Å². The molecule has 0 saturated heterocycles. The molecule has 2 N–H and O–H groups in total. The predicted octanol–water partition coefficient (Wildman–Crippen LogP) is 2.91. The number of nitrogens with zero attached hydrogens (tertiary/aromatic N) is 1. The molecule has 0 radical (unpaired) electrons. The molecule has 1 amide bonds. The first-order valence-electron chi connectivity index (χ1n) is 6.63. The van der Waals surface area contributed by atoms with Crippen molar-refractivity contribution in [3.8, 4) is 0 Å². The lowest BCUT2D eigenvalue weighted by atomic mass is 9.92. The minimum Gasteiger partial charge on any atom is -0.388 e. The zero-order valence-electron chi connectivity index (χ0n) is 11.4. The van der Waals surface area contributed by atoms with E-state index in [4.69, 9.17) is 0 Å². The van der Waals surface area contributed by atoms with Gasteiger partial charge in [-0.25, -0.2) is 4.98 Å². The highest BCUT2D eigenvalue weighted by molar-refractivity contribution is 9.10. The largest absolute Gasteiger partial charge is 0.388 e. The van der Waals surface area contributed by atoms with E-state index in [1.807, 2.05) is 13.8 Å². The number of pyridine rings is 1.